The van der Waals surface area contributed by atoms with Crippen molar-refractivity contribution >= 4 is 17.7 Å². The quantitative estimate of drug-likeness (QED) is 0.637. The number of aliphatic hydroxyl groups excluding tert-OH is 1. The molecule has 2 aromatic heterocycles. The summed E-state index contributed by atoms with van der Waals surface area (Å²) >= 11 is 0. The molecule has 0 saturated heterocycles. The minimum absolute atomic E-state index is 0.0194. The second-order valence-corrected chi connectivity index (χ2v) is 6.65. The average molecular weight is 363 g/mol. The summed E-state index contributed by atoms with van der Waals surface area (Å²) in [5, 5.41) is 33.1. The lowest BCUT2D eigenvalue weighted by molar-refractivity contribution is 0.219. The molecule has 9 nitrogen and oxygen atoms in total. The van der Waals surface area contributed by atoms with Crippen LogP contribution < -0.4 is 10.6 Å². The SMILES string of the molecule is Cc1nnc(Nc2nccc(-c3cc(C#N)c4c(c3)C(C)(CO)CN4)n2)o1. The molecule has 0 saturated carbocycles. The van der Waals surface area contributed by atoms with Crippen molar-refractivity contribution in [3.8, 4) is 17.3 Å². The Morgan fingerprint density at radius 2 is 2.26 bits per heavy atom. The van der Waals surface area contributed by atoms with Crippen LogP contribution in [0.3, 0.4) is 0 Å². The van der Waals surface area contributed by atoms with Crippen molar-refractivity contribution in [2.45, 2.75) is 19.3 Å². The predicted octanol–water partition coefficient (Wildman–Crippen LogP) is 2.13. The van der Waals surface area contributed by atoms with E-state index in [0.29, 0.717) is 29.6 Å². The smallest absolute Gasteiger partial charge is 0.322 e. The van der Waals surface area contributed by atoms with Crippen molar-refractivity contribution in [1.29, 1.82) is 5.26 Å². The summed E-state index contributed by atoms with van der Waals surface area (Å²) < 4.78 is 5.28. The normalized spacial score (nSPS) is 17.9. The number of aryl methyl sites for hydroxylation is 1. The molecular formula is C18H17N7O2. The first-order valence-electron chi connectivity index (χ1n) is 8.36. The first-order chi connectivity index (χ1) is 13.0. The number of aliphatic hydroxyl groups is 1. The molecule has 1 atom stereocenters. The molecule has 4 rings (SSSR count). The van der Waals surface area contributed by atoms with Gasteiger partial charge in [0.25, 0.3) is 0 Å². The Kier molecular flexibility index (Phi) is 3.97. The van der Waals surface area contributed by atoms with Gasteiger partial charge in [0.05, 0.1) is 23.6 Å². The molecule has 0 fully saturated rings. The average Bonchev–Trinajstić information content (AvgIpc) is 3.25. The lowest BCUT2D eigenvalue weighted by Gasteiger charge is -2.21. The number of nitrogens with zero attached hydrogens (tertiary/aromatic N) is 5. The predicted molar refractivity (Wildman–Crippen MR) is 97.4 cm³/mol. The van der Waals surface area contributed by atoms with Gasteiger partial charge < -0.3 is 14.8 Å². The maximum atomic E-state index is 9.83. The summed E-state index contributed by atoms with van der Waals surface area (Å²) in [5.74, 6) is 0.736. The van der Waals surface area contributed by atoms with Crippen molar-refractivity contribution in [2.24, 2.45) is 0 Å². The van der Waals surface area contributed by atoms with Crippen LogP contribution in [0.15, 0.2) is 28.8 Å². The largest absolute Gasteiger partial charge is 0.408 e. The van der Waals surface area contributed by atoms with Crippen LogP contribution in [0.1, 0.15) is 23.9 Å². The van der Waals surface area contributed by atoms with Crippen molar-refractivity contribution < 1.29 is 9.52 Å². The van der Waals surface area contributed by atoms with Gasteiger partial charge in [-0.15, -0.1) is 5.10 Å². The van der Waals surface area contributed by atoms with Crippen LogP contribution in [0, 0.1) is 18.3 Å². The lowest BCUT2D eigenvalue weighted by Crippen LogP contribution is -2.28. The van der Waals surface area contributed by atoms with Gasteiger partial charge in [-0.2, -0.15) is 5.26 Å². The zero-order valence-electron chi connectivity index (χ0n) is 14.8. The number of aromatic nitrogens is 4. The van der Waals surface area contributed by atoms with E-state index in [1.165, 1.54) is 0 Å². The second-order valence-electron chi connectivity index (χ2n) is 6.65. The van der Waals surface area contributed by atoms with Crippen molar-refractivity contribution in [1.82, 2.24) is 20.2 Å². The maximum absolute atomic E-state index is 9.83. The van der Waals surface area contributed by atoms with Gasteiger partial charge in [0.15, 0.2) is 0 Å². The summed E-state index contributed by atoms with van der Waals surface area (Å²) in [6.07, 6.45) is 1.61. The fourth-order valence-electron chi connectivity index (χ4n) is 3.09. The molecule has 1 aliphatic heterocycles. The van der Waals surface area contributed by atoms with Gasteiger partial charge in [-0.3, -0.25) is 5.32 Å². The summed E-state index contributed by atoms with van der Waals surface area (Å²) in [4.78, 5) is 8.64. The highest BCUT2D eigenvalue weighted by Gasteiger charge is 2.35. The Morgan fingerprint density at radius 1 is 1.41 bits per heavy atom. The zero-order chi connectivity index (χ0) is 19.0. The highest BCUT2D eigenvalue weighted by molar-refractivity contribution is 5.76. The van der Waals surface area contributed by atoms with Gasteiger partial charge in [-0.05, 0) is 23.8 Å². The van der Waals surface area contributed by atoms with Gasteiger partial charge >= 0.3 is 6.01 Å². The van der Waals surface area contributed by atoms with Gasteiger partial charge in [-0.25, -0.2) is 9.97 Å². The number of anilines is 3. The molecular weight excluding hydrogens is 346 g/mol. The van der Waals surface area contributed by atoms with E-state index in [-0.39, 0.29) is 12.6 Å². The number of hydrogen-bond acceptors (Lipinski definition) is 9. The maximum Gasteiger partial charge on any atom is 0.322 e. The van der Waals surface area contributed by atoms with E-state index >= 15 is 0 Å². The van der Waals surface area contributed by atoms with Crippen LogP contribution in [0.2, 0.25) is 0 Å². The molecule has 1 unspecified atom stereocenters. The molecule has 0 amide bonds. The third-order valence-electron chi connectivity index (χ3n) is 4.61. The van der Waals surface area contributed by atoms with Crippen LogP contribution in [0.25, 0.3) is 11.3 Å². The second kappa shape index (κ2) is 6.34. The molecule has 3 aromatic rings. The summed E-state index contributed by atoms with van der Waals surface area (Å²) in [5.41, 5.74) is 3.13. The Hall–Kier alpha value is -3.51. The molecule has 0 radical (unpaired) electrons. The topological polar surface area (TPSA) is 133 Å². The number of nitriles is 1. The van der Waals surface area contributed by atoms with E-state index in [1.807, 2.05) is 13.0 Å². The Morgan fingerprint density at radius 3 is 2.96 bits per heavy atom. The van der Waals surface area contributed by atoms with E-state index in [0.717, 1.165) is 16.8 Å². The Balaban J connectivity index is 1.75. The van der Waals surface area contributed by atoms with Gasteiger partial charge in [0.2, 0.25) is 11.8 Å². The highest BCUT2D eigenvalue weighted by atomic mass is 16.4. The Bertz CT molecular complexity index is 1060. The van der Waals surface area contributed by atoms with Crippen LogP contribution in [-0.2, 0) is 5.41 Å². The number of nitrogens with one attached hydrogen (secondary N) is 2. The lowest BCUT2D eigenvalue weighted by atomic mass is 9.83. The molecule has 3 N–H and O–H groups in total. The number of rotatable bonds is 4. The first-order valence-corrected chi connectivity index (χ1v) is 8.36. The van der Waals surface area contributed by atoms with Crippen LogP contribution in [-0.4, -0.2) is 38.4 Å². The third kappa shape index (κ3) is 2.96. The van der Waals surface area contributed by atoms with E-state index in [2.05, 4.69) is 36.9 Å². The molecule has 0 aliphatic carbocycles. The number of hydrogen-bond donors (Lipinski definition) is 3. The van der Waals surface area contributed by atoms with E-state index in [9.17, 15) is 10.4 Å². The molecule has 3 heterocycles. The van der Waals surface area contributed by atoms with Crippen molar-refractivity contribution in [2.75, 3.05) is 23.8 Å². The van der Waals surface area contributed by atoms with Crippen LogP contribution in [0.5, 0.6) is 0 Å². The van der Waals surface area contributed by atoms with Crippen molar-refractivity contribution in [3.63, 3.8) is 0 Å². The van der Waals surface area contributed by atoms with E-state index < -0.39 is 5.41 Å². The first kappa shape index (κ1) is 16.9. The molecule has 27 heavy (non-hydrogen) atoms. The molecule has 1 aliphatic rings. The van der Waals surface area contributed by atoms with Crippen LogP contribution in [0.4, 0.5) is 17.7 Å². The number of benzene rings is 1. The zero-order valence-corrected chi connectivity index (χ0v) is 14.8. The fourth-order valence-corrected chi connectivity index (χ4v) is 3.09. The summed E-state index contributed by atoms with van der Waals surface area (Å²) in [6.45, 7) is 4.20. The monoisotopic (exact) mass is 363 g/mol. The summed E-state index contributed by atoms with van der Waals surface area (Å²) in [7, 11) is 0. The van der Waals surface area contributed by atoms with Gasteiger partial charge in [0, 0.05) is 30.6 Å². The van der Waals surface area contributed by atoms with Gasteiger partial charge in [0.1, 0.15) is 6.07 Å². The minimum Gasteiger partial charge on any atom is -0.408 e. The number of fused-ring (bicyclic) bond motifs is 1. The van der Waals surface area contributed by atoms with Crippen molar-refractivity contribution in [3.05, 3.63) is 41.4 Å². The Labute approximate surface area is 155 Å². The molecule has 0 spiro atoms. The highest BCUT2D eigenvalue weighted by Crippen LogP contribution is 2.41. The summed E-state index contributed by atoms with van der Waals surface area (Å²) in [6, 6.07) is 7.91. The van der Waals surface area contributed by atoms with Gasteiger partial charge in [-0.1, -0.05) is 12.0 Å². The third-order valence-corrected chi connectivity index (χ3v) is 4.61. The standard InChI is InChI=1S/C18H17N7O2/c1-10-24-25-17(27-10)23-16-20-4-3-14(22-16)11-5-12(7-19)15-13(6-11)18(2,9-26)8-21-15/h3-6,21,26H,8-9H2,1-2H3,(H,20,22,23,25). The van der Waals surface area contributed by atoms with E-state index in [1.54, 1.807) is 25.3 Å². The fraction of sp³-hybridized carbons (Fsp3) is 0.278. The van der Waals surface area contributed by atoms with E-state index in [4.69, 9.17) is 4.42 Å². The molecule has 9 heteroatoms. The molecule has 1 aromatic carbocycles. The minimum atomic E-state index is -0.452. The molecule has 136 valence electrons. The van der Waals surface area contributed by atoms with Crippen LogP contribution >= 0.6 is 0 Å². The molecule has 0 bridgehead atoms.